The van der Waals surface area contributed by atoms with Crippen molar-refractivity contribution in [1.82, 2.24) is 5.32 Å². The summed E-state index contributed by atoms with van der Waals surface area (Å²) in [5, 5.41) is 12.8. The van der Waals surface area contributed by atoms with Gasteiger partial charge >= 0.3 is 0 Å². The Bertz CT molecular complexity index is 204. The zero-order valence-electron chi connectivity index (χ0n) is 10.5. The van der Waals surface area contributed by atoms with E-state index in [1.807, 2.05) is 11.8 Å². The van der Waals surface area contributed by atoms with Gasteiger partial charge in [-0.15, -0.1) is 0 Å². The first kappa shape index (κ1) is 13.3. The van der Waals surface area contributed by atoms with E-state index in [0.29, 0.717) is 11.5 Å². The molecule has 1 aliphatic rings. The first-order chi connectivity index (χ1) is 6.85. The van der Waals surface area contributed by atoms with Gasteiger partial charge in [0.2, 0.25) is 0 Å². The Hall–Kier alpha value is 0.270. The largest absolute Gasteiger partial charge is 0.396 e. The van der Waals surface area contributed by atoms with Crippen LogP contribution in [-0.4, -0.2) is 35.8 Å². The van der Waals surface area contributed by atoms with Crippen molar-refractivity contribution < 1.29 is 5.11 Å². The van der Waals surface area contributed by atoms with Gasteiger partial charge in [-0.3, -0.25) is 0 Å². The molecule has 1 saturated heterocycles. The average Bonchev–Trinajstić information content (AvgIpc) is 2.14. The van der Waals surface area contributed by atoms with Crippen molar-refractivity contribution in [2.75, 3.05) is 24.7 Å². The van der Waals surface area contributed by atoms with Crippen molar-refractivity contribution in [3.63, 3.8) is 0 Å². The first-order valence-electron chi connectivity index (χ1n) is 5.77. The Morgan fingerprint density at radius 1 is 1.47 bits per heavy atom. The summed E-state index contributed by atoms with van der Waals surface area (Å²) >= 11 is 2.04. The van der Waals surface area contributed by atoms with Crippen molar-refractivity contribution >= 4 is 11.8 Å². The van der Waals surface area contributed by atoms with Crippen LogP contribution in [0.1, 0.15) is 34.1 Å². The fourth-order valence-electron chi connectivity index (χ4n) is 1.87. The highest BCUT2D eigenvalue weighted by Gasteiger charge is 2.29. The highest BCUT2D eigenvalue weighted by atomic mass is 32.2. The van der Waals surface area contributed by atoms with Gasteiger partial charge in [-0.25, -0.2) is 0 Å². The molecule has 0 spiro atoms. The van der Waals surface area contributed by atoms with Crippen LogP contribution < -0.4 is 5.32 Å². The lowest BCUT2D eigenvalue weighted by Gasteiger charge is -2.36. The third-order valence-electron chi connectivity index (χ3n) is 2.91. The van der Waals surface area contributed by atoms with E-state index in [-0.39, 0.29) is 12.0 Å². The fourth-order valence-corrected chi connectivity index (χ4v) is 3.18. The molecule has 1 fully saturated rings. The topological polar surface area (TPSA) is 32.3 Å². The lowest BCUT2D eigenvalue weighted by molar-refractivity contribution is 0.150. The number of aliphatic hydroxyl groups is 1. The van der Waals surface area contributed by atoms with Gasteiger partial charge in [0.25, 0.3) is 0 Å². The molecule has 1 rings (SSSR count). The van der Waals surface area contributed by atoms with Gasteiger partial charge in [0.05, 0.1) is 0 Å². The van der Waals surface area contributed by atoms with Gasteiger partial charge in [0, 0.05) is 30.4 Å². The minimum atomic E-state index is 0.00621. The molecule has 0 aromatic carbocycles. The molecule has 1 heterocycles. The fraction of sp³-hybridized carbons (Fsp3) is 1.00. The quantitative estimate of drug-likeness (QED) is 0.777. The van der Waals surface area contributed by atoms with Crippen LogP contribution in [0, 0.1) is 10.8 Å². The molecule has 3 heteroatoms. The van der Waals surface area contributed by atoms with Crippen LogP contribution >= 0.6 is 11.8 Å². The van der Waals surface area contributed by atoms with E-state index in [9.17, 15) is 5.11 Å². The minimum absolute atomic E-state index is 0.00621. The van der Waals surface area contributed by atoms with E-state index < -0.39 is 0 Å². The highest BCUT2D eigenvalue weighted by Crippen LogP contribution is 2.33. The van der Waals surface area contributed by atoms with Crippen molar-refractivity contribution in [1.29, 1.82) is 0 Å². The van der Waals surface area contributed by atoms with Gasteiger partial charge < -0.3 is 10.4 Å². The molecule has 0 radical (unpaired) electrons. The third kappa shape index (κ3) is 4.75. The number of nitrogens with one attached hydrogen (secondary N) is 1. The first-order valence-corrected chi connectivity index (χ1v) is 6.92. The van der Waals surface area contributed by atoms with Crippen molar-refractivity contribution in [3.05, 3.63) is 0 Å². The second-order valence-electron chi connectivity index (χ2n) is 6.28. The number of thioether (sulfide) groups is 1. The van der Waals surface area contributed by atoms with E-state index in [1.165, 1.54) is 17.9 Å². The van der Waals surface area contributed by atoms with Crippen LogP contribution in [-0.2, 0) is 0 Å². The Balaban J connectivity index is 2.33. The number of aliphatic hydroxyl groups excluding tert-OH is 1. The van der Waals surface area contributed by atoms with Gasteiger partial charge in [0.15, 0.2) is 0 Å². The summed E-state index contributed by atoms with van der Waals surface area (Å²) < 4.78 is 0. The van der Waals surface area contributed by atoms with Crippen LogP contribution in [0.5, 0.6) is 0 Å². The lowest BCUT2D eigenvalue weighted by Crippen LogP contribution is -2.44. The minimum Gasteiger partial charge on any atom is -0.396 e. The summed E-state index contributed by atoms with van der Waals surface area (Å²) in [5.74, 6) is 2.49. The molecule has 0 saturated carbocycles. The van der Waals surface area contributed by atoms with Crippen molar-refractivity contribution in [2.45, 2.75) is 40.2 Å². The van der Waals surface area contributed by atoms with E-state index >= 15 is 0 Å². The summed E-state index contributed by atoms with van der Waals surface area (Å²) in [5.41, 5.74) is 0.468. The Kier molecular flexibility index (Phi) is 4.50. The normalized spacial score (nSPS) is 26.6. The van der Waals surface area contributed by atoms with Crippen LogP contribution in [0.25, 0.3) is 0 Å². The van der Waals surface area contributed by atoms with Gasteiger partial charge in [-0.05, 0) is 17.6 Å². The van der Waals surface area contributed by atoms with Gasteiger partial charge in [-0.2, -0.15) is 11.8 Å². The Morgan fingerprint density at radius 3 is 2.67 bits per heavy atom. The van der Waals surface area contributed by atoms with E-state index in [2.05, 4.69) is 33.0 Å². The molecule has 0 aromatic heterocycles. The summed E-state index contributed by atoms with van der Waals surface area (Å²) in [6.07, 6.45) is 1.25. The molecule has 1 unspecified atom stereocenters. The highest BCUT2D eigenvalue weighted by molar-refractivity contribution is 7.99. The molecule has 0 aromatic rings. The molecule has 1 atom stereocenters. The monoisotopic (exact) mass is 231 g/mol. The molecule has 15 heavy (non-hydrogen) atoms. The molecule has 0 bridgehead atoms. The molecule has 2 nitrogen and oxygen atoms in total. The maximum absolute atomic E-state index is 9.18. The van der Waals surface area contributed by atoms with Gasteiger partial charge in [0.1, 0.15) is 0 Å². The van der Waals surface area contributed by atoms with Crippen molar-refractivity contribution in [3.8, 4) is 0 Å². The van der Waals surface area contributed by atoms with Crippen LogP contribution in [0.2, 0.25) is 0 Å². The number of rotatable bonds is 4. The molecular weight excluding hydrogens is 206 g/mol. The second-order valence-corrected chi connectivity index (χ2v) is 7.31. The summed E-state index contributed by atoms with van der Waals surface area (Å²) in [4.78, 5) is 0. The predicted octanol–water partition coefficient (Wildman–Crippen LogP) is 2.13. The van der Waals surface area contributed by atoms with E-state index in [4.69, 9.17) is 0 Å². The van der Waals surface area contributed by atoms with E-state index in [1.54, 1.807) is 0 Å². The SMILES string of the molecule is CC(C)(CO)CNC1CSCC(C)(C)C1. The van der Waals surface area contributed by atoms with Crippen LogP contribution in [0.4, 0.5) is 0 Å². The smallest absolute Gasteiger partial charge is 0.0494 e. The molecular formula is C12H25NOS. The molecule has 1 aliphatic heterocycles. The Labute approximate surface area is 98.2 Å². The maximum Gasteiger partial charge on any atom is 0.0494 e. The molecule has 90 valence electrons. The molecule has 0 amide bonds. The standard InChI is InChI=1S/C12H25NOS/c1-11(2)5-10(6-15-9-11)13-7-12(3,4)8-14/h10,13-14H,5-9H2,1-4H3. The molecule has 0 aliphatic carbocycles. The summed E-state index contributed by atoms with van der Waals surface area (Å²) in [6, 6.07) is 0.615. The molecule has 2 N–H and O–H groups in total. The predicted molar refractivity (Wildman–Crippen MR) is 68.4 cm³/mol. The Morgan fingerprint density at radius 2 is 2.13 bits per heavy atom. The summed E-state index contributed by atoms with van der Waals surface area (Å²) in [7, 11) is 0. The third-order valence-corrected chi connectivity index (χ3v) is 4.53. The van der Waals surface area contributed by atoms with E-state index in [0.717, 1.165) is 6.54 Å². The second kappa shape index (κ2) is 5.07. The zero-order chi connectivity index (χ0) is 11.5. The lowest BCUT2D eigenvalue weighted by atomic mass is 9.87. The average molecular weight is 231 g/mol. The number of hydrogen-bond donors (Lipinski definition) is 2. The van der Waals surface area contributed by atoms with Crippen LogP contribution in [0.3, 0.4) is 0 Å². The van der Waals surface area contributed by atoms with Crippen molar-refractivity contribution in [2.24, 2.45) is 10.8 Å². The number of hydrogen-bond acceptors (Lipinski definition) is 3. The van der Waals surface area contributed by atoms with Gasteiger partial charge in [-0.1, -0.05) is 27.7 Å². The van der Waals surface area contributed by atoms with Crippen LogP contribution in [0.15, 0.2) is 0 Å². The maximum atomic E-state index is 9.18. The zero-order valence-corrected chi connectivity index (χ0v) is 11.3. The summed E-state index contributed by atoms with van der Waals surface area (Å²) in [6.45, 7) is 10.0.